The largest absolute Gasteiger partial charge is 0.497 e. The summed E-state index contributed by atoms with van der Waals surface area (Å²) in [6.07, 6.45) is 1.54. The van der Waals surface area contributed by atoms with Gasteiger partial charge in [0.15, 0.2) is 0 Å². The van der Waals surface area contributed by atoms with Gasteiger partial charge in [-0.1, -0.05) is 36.7 Å². The summed E-state index contributed by atoms with van der Waals surface area (Å²) in [4.78, 5) is 4.59. The van der Waals surface area contributed by atoms with E-state index in [1.807, 2.05) is 30.3 Å². The van der Waals surface area contributed by atoms with Crippen molar-refractivity contribution in [1.29, 1.82) is 0 Å². The zero-order chi connectivity index (χ0) is 20.1. The maximum absolute atomic E-state index is 12.4. The van der Waals surface area contributed by atoms with Crippen molar-refractivity contribution in [2.75, 3.05) is 13.7 Å². The Balaban J connectivity index is 1.60. The molecule has 28 heavy (non-hydrogen) atoms. The first-order valence-electron chi connectivity index (χ1n) is 9.09. The molecule has 1 heterocycles. The fourth-order valence-electron chi connectivity index (χ4n) is 3.18. The van der Waals surface area contributed by atoms with Gasteiger partial charge >= 0.3 is 0 Å². The number of sulfonamides is 1. The number of nitrogens with zero attached hydrogens (tertiary/aromatic N) is 1. The Labute approximate surface area is 170 Å². The molecule has 0 radical (unpaired) electrons. The van der Waals surface area contributed by atoms with Crippen molar-refractivity contribution in [2.24, 2.45) is 0 Å². The average Bonchev–Trinajstić information content (AvgIpc) is 2.70. The van der Waals surface area contributed by atoms with Gasteiger partial charge in [0.05, 0.1) is 17.5 Å². The van der Waals surface area contributed by atoms with Gasteiger partial charge in [0.2, 0.25) is 10.0 Å². The number of hydrogen-bond donors (Lipinski definition) is 1. The van der Waals surface area contributed by atoms with Crippen LogP contribution in [0.25, 0.3) is 10.9 Å². The molecular formula is C21H23ClN2O3S. The summed E-state index contributed by atoms with van der Waals surface area (Å²) in [6, 6.07) is 16.1. The number of rotatable bonds is 8. The van der Waals surface area contributed by atoms with Gasteiger partial charge in [-0.25, -0.2) is 18.1 Å². The van der Waals surface area contributed by atoms with Gasteiger partial charge in [-0.2, -0.15) is 0 Å². The monoisotopic (exact) mass is 418 g/mol. The Bertz CT molecular complexity index is 1050. The number of benzene rings is 2. The number of nitrogens with one attached hydrogen (secondary N) is 1. The van der Waals surface area contributed by atoms with Crippen molar-refractivity contribution >= 4 is 32.5 Å². The van der Waals surface area contributed by atoms with Crippen LogP contribution in [0.2, 0.25) is 5.15 Å². The highest BCUT2D eigenvalue weighted by molar-refractivity contribution is 7.89. The van der Waals surface area contributed by atoms with Crippen LogP contribution < -0.4 is 9.46 Å². The third-order valence-corrected chi connectivity index (χ3v) is 6.39. The van der Waals surface area contributed by atoms with Crippen molar-refractivity contribution in [3.05, 3.63) is 65.3 Å². The lowest BCUT2D eigenvalue weighted by Gasteiger charge is -2.15. The zero-order valence-corrected chi connectivity index (χ0v) is 17.4. The van der Waals surface area contributed by atoms with E-state index in [0.717, 1.165) is 22.9 Å². The molecule has 148 valence electrons. The minimum Gasteiger partial charge on any atom is -0.497 e. The van der Waals surface area contributed by atoms with Crippen molar-refractivity contribution in [3.8, 4) is 5.75 Å². The first-order valence-corrected chi connectivity index (χ1v) is 11.0. The molecule has 0 aliphatic rings. The molecule has 0 aliphatic carbocycles. The summed E-state index contributed by atoms with van der Waals surface area (Å²) < 4.78 is 32.5. The van der Waals surface area contributed by atoms with Crippen LogP contribution >= 0.6 is 11.6 Å². The Kier molecular flexibility index (Phi) is 6.54. The SMILES string of the molecule is COc1ccc(S(=O)(=O)NCCCC(C)c2cc(Cl)nc3ccccc23)cc1. The summed E-state index contributed by atoms with van der Waals surface area (Å²) >= 11 is 6.17. The molecular weight excluding hydrogens is 396 g/mol. The van der Waals surface area contributed by atoms with E-state index < -0.39 is 10.0 Å². The number of ether oxygens (including phenoxy) is 1. The lowest BCUT2D eigenvalue weighted by Crippen LogP contribution is -2.25. The zero-order valence-electron chi connectivity index (χ0n) is 15.9. The normalized spacial score (nSPS) is 12.8. The topological polar surface area (TPSA) is 68.3 Å². The molecule has 0 spiro atoms. The minimum absolute atomic E-state index is 0.230. The van der Waals surface area contributed by atoms with Crippen LogP contribution in [-0.2, 0) is 10.0 Å². The fraction of sp³-hybridized carbons (Fsp3) is 0.286. The van der Waals surface area contributed by atoms with Gasteiger partial charge in [-0.3, -0.25) is 0 Å². The van der Waals surface area contributed by atoms with Gasteiger partial charge in [0, 0.05) is 11.9 Å². The second-order valence-corrected chi connectivity index (χ2v) is 8.82. The molecule has 0 bridgehead atoms. The number of methoxy groups -OCH3 is 1. The summed E-state index contributed by atoms with van der Waals surface area (Å²) in [5.41, 5.74) is 2.01. The molecule has 3 rings (SSSR count). The molecule has 5 nitrogen and oxygen atoms in total. The lowest BCUT2D eigenvalue weighted by molar-refractivity contribution is 0.414. The molecule has 1 unspecified atom stereocenters. The predicted molar refractivity (Wildman–Crippen MR) is 113 cm³/mol. The molecule has 0 amide bonds. The second-order valence-electron chi connectivity index (χ2n) is 6.67. The van der Waals surface area contributed by atoms with Crippen molar-refractivity contribution < 1.29 is 13.2 Å². The highest BCUT2D eigenvalue weighted by atomic mass is 35.5. The van der Waals surface area contributed by atoms with E-state index in [9.17, 15) is 8.42 Å². The van der Waals surface area contributed by atoms with Crippen LogP contribution in [0.5, 0.6) is 5.75 Å². The summed E-state index contributed by atoms with van der Waals surface area (Å²) in [6.45, 7) is 2.49. The van der Waals surface area contributed by atoms with Gasteiger partial charge in [-0.15, -0.1) is 0 Å². The Morgan fingerprint density at radius 3 is 2.57 bits per heavy atom. The van der Waals surface area contributed by atoms with Crippen LogP contribution in [0.4, 0.5) is 0 Å². The molecule has 0 saturated heterocycles. The summed E-state index contributed by atoms with van der Waals surface area (Å²) in [5, 5.41) is 1.55. The van der Waals surface area contributed by atoms with E-state index in [-0.39, 0.29) is 10.8 Å². The van der Waals surface area contributed by atoms with Crippen molar-refractivity contribution in [2.45, 2.75) is 30.6 Å². The number of halogens is 1. The van der Waals surface area contributed by atoms with Gasteiger partial charge in [-0.05, 0) is 60.7 Å². The molecule has 0 aliphatic heterocycles. The van der Waals surface area contributed by atoms with Crippen LogP contribution in [0.15, 0.2) is 59.5 Å². The van der Waals surface area contributed by atoms with Gasteiger partial charge < -0.3 is 4.74 Å². The number of hydrogen-bond acceptors (Lipinski definition) is 4. The average molecular weight is 419 g/mol. The quantitative estimate of drug-likeness (QED) is 0.423. The summed E-state index contributed by atoms with van der Waals surface area (Å²) in [5.74, 6) is 0.854. The minimum atomic E-state index is -3.53. The van der Waals surface area contributed by atoms with E-state index in [1.165, 1.54) is 12.1 Å². The lowest BCUT2D eigenvalue weighted by atomic mass is 9.93. The van der Waals surface area contributed by atoms with E-state index in [4.69, 9.17) is 16.3 Å². The van der Waals surface area contributed by atoms with E-state index in [1.54, 1.807) is 19.2 Å². The third kappa shape index (κ3) is 4.82. The molecule has 3 aromatic rings. The number of pyridine rings is 1. The highest BCUT2D eigenvalue weighted by Gasteiger charge is 2.15. The number of para-hydroxylation sites is 1. The van der Waals surface area contributed by atoms with Gasteiger partial charge in [0.25, 0.3) is 0 Å². The maximum Gasteiger partial charge on any atom is 0.240 e. The Morgan fingerprint density at radius 2 is 1.86 bits per heavy atom. The van der Waals surface area contributed by atoms with Crippen LogP contribution in [0.3, 0.4) is 0 Å². The van der Waals surface area contributed by atoms with E-state index >= 15 is 0 Å². The van der Waals surface area contributed by atoms with Gasteiger partial charge in [0.1, 0.15) is 10.9 Å². The molecule has 2 aromatic carbocycles. The maximum atomic E-state index is 12.4. The number of fused-ring (bicyclic) bond motifs is 1. The van der Waals surface area contributed by atoms with Crippen molar-refractivity contribution in [3.63, 3.8) is 0 Å². The van der Waals surface area contributed by atoms with Crippen molar-refractivity contribution in [1.82, 2.24) is 9.71 Å². The standard InChI is InChI=1S/C21H23ClN2O3S/c1-15(19-14-21(22)24-20-8-4-3-7-18(19)20)6-5-13-23-28(25,26)17-11-9-16(27-2)10-12-17/h3-4,7-12,14-15,23H,5-6,13H2,1-2H3. The first-order chi connectivity index (χ1) is 13.4. The third-order valence-electron chi connectivity index (χ3n) is 4.72. The second kappa shape index (κ2) is 8.90. The number of aromatic nitrogens is 1. The van der Waals surface area contributed by atoms with Crippen LogP contribution in [0.1, 0.15) is 31.2 Å². The van der Waals surface area contributed by atoms with E-state index in [0.29, 0.717) is 23.9 Å². The highest BCUT2D eigenvalue weighted by Crippen LogP contribution is 2.29. The molecule has 0 fully saturated rings. The fourth-order valence-corrected chi connectivity index (χ4v) is 4.47. The Morgan fingerprint density at radius 1 is 1.14 bits per heavy atom. The Hall–Kier alpha value is -2.15. The van der Waals surface area contributed by atoms with Crippen LogP contribution in [-0.4, -0.2) is 27.1 Å². The molecule has 1 N–H and O–H groups in total. The molecule has 1 aromatic heterocycles. The smallest absolute Gasteiger partial charge is 0.240 e. The predicted octanol–water partition coefficient (Wildman–Crippen LogP) is 4.76. The molecule has 0 saturated carbocycles. The van der Waals surface area contributed by atoms with E-state index in [2.05, 4.69) is 16.6 Å². The molecule has 7 heteroatoms. The molecule has 1 atom stereocenters. The van der Waals surface area contributed by atoms with Crippen LogP contribution in [0, 0.1) is 0 Å². The first kappa shape index (κ1) is 20.6. The summed E-state index contributed by atoms with van der Waals surface area (Å²) in [7, 11) is -1.98.